The molecule has 4 amide bonds. The highest BCUT2D eigenvalue weighted by Gasteiger charge is 2.37. The Balaban J connectivity index is 1.46. The molecule has 0 aromatic heterocycles. The van der Waals surface area contributed by atoms with Crippen LogP contribution in [0.4, 0.5) is 0 Å². The molecule has 2 aromatic carbocycles. The maximum absolute atomic E-state index is 12.6. The number of benzene rings is 2. The van der Waals surface area contributed by atoms with Crippen LogP contribution in [0.2, 0.25) is 0 Å². The molecular weight excluding hydrogens is 400 g/mol. The molecule has 0 saturated carbocycles. The van der Waals surface area contributed by atoms with Crippen LogP contribution >= 0.6 is 0 Å². The smallest absolute Gasteiger partial charge is 0.339 e. The summed E-state index contributed by atoms with van der Waals surface area (Å²) in [5.74, 6) is -2.38. The molecule has 0 N–H and O–H groups in total. The summed E-state index contributed by atoms with van der Waals surface area (Å²) in [5, 5.41) is 0. The Morgan fingerprint density at radius 1 is 0.806 bits per heavy atom. The Morgan fingerprint density at radius 3 is 1.97 bits per heavy atom. The average molecular weight is 420 g/mol. The fourth-order valence-corrected chi connectivity index (χ4v) is 3.57. The van der Waals surface area contributed by atoms with Crippen molar-refractivity contribution in [2.75, 3.05) is 13.3 Å². The highest BCUT2D eigenvalue weighted by molar-refractivity contribution is 6.22. The van der Waals surface area contributed by atoms with Gasteiger partial charge in [-0.1, -0.05) is 26.0 Å². The van der Waals surface area contributed by atoms with Crippen LogP contribution in [0.1, 0.15) is 72.1 Å². The first kappa shape index (κ1) is 20.5. The number of fused-ring (bicyclic) bond motifs is 2. The number of hydrogen-bond donors (Lipinski definition) is 0. The molecule has 31 heavy (non-hydrogen) atoms. The van der Waals surface area contributed by atoms with E-state index in [4.69, 9.17) is 4.74 Å². The third-order valence-electron chi connectivity index (χ3n) is 5.34. The molecule has 158 valence electrons. The van der Waals surface area contributed by atoms with Gasteiger partial charge in [0.1, 0.15) is 0 Å². The summed E-state index contributed by atoms with van der Waals surface area (Å²) in [6, 6.07) is 10.5. The lowest BCUT2D eigenvalue weighted by Crippen LogP contribution is -2.33. The van der Waals surface area contributed by atoms with Gasteiger partial charge in [-0.05, 0) is 42.7 Å². The molecule has 0 saturated heterocycles. The van der Waals surface area contributed by atoms with Gasteiger partial charge in [-0.2, -0.15) is 0 Å². The van der Waals surface area contributed by atoms with E-state index in [0.717, 1.165) is 4.90 Å². The second kappa shape index (κ2) is 7.79. The van der Waals surface area contributed by atoms with E-state index < -0.39 is 30.4 Å². The molecular formula is C23H20N2O6. The van der Waals surface area contributed by atoms with E-state index >= 15 is 0 Å². The van der Waals surface area contributed by atoms with Crippen molar-refractivity contribution in [2.45, 2.75) is 20.3 Å². The predicted octanol–water partition coefficient (Wildman–Crippen LogP) is 2.74. The molecule has 4 rings (SSSR count). The van der Waals surface area contributed by atoms with Crippen LogP contribution < -0.4 is 0 Å². The molecule has 0 radical (unpaired) electrons. The van der Waals surface area contributed by atoms with Crippen molar-refractivity contribution < 1.29 is 28.7 Å². The van der Waals surface area contributed by atoms with Crippen molar-refractivity contribution in [2.24, 2.45) is 5.92 Å². The highest BCUT2D eigenvalue weighted by atomic mass is 16.5. The Kier molecular flexibility index (Phi) is 5.14. The molecule has 8 heteroatoms. The van der Waals surface area contributed by atoms with E-state index in [1.807, 2.05) is 13.8 Å². The minimum Gasteiger partial charge on any atom is -0.440 e. The Labute approximate surface area is 178 Å². The molecule has 0 aliphatic carbocycles. The third-order valence-corrected chi connectivity index (χ3v) is 5.34. The van der Waals surface area contributed by atoms with Crippen molar-refractivity contribution in [3.63, 3.8) is 0 Å². The number of imide groups is 2. The minimum atomic E-state index is -0.805. The van der Waals surface area contributed by atoms with Gasteiger partial charge in [-0.15, -0.1) is 0 Å². The van der Waals surface area contributed by atoms with Crippen LogP contribution in [0.15, 0.2) is 42.5 Å². The fraction of sp³-hybridized carbons (Fsp3) is 0.261. The second-order valence-corrected chi connectivity index (χ2v) is 7.85. The molecule has 8 nitrogen and oxygen atoms in total. The summed E-state index contributed by atoms with van der Waals surface area (Å²) in [5.41, 5.74) is 0.954. The van der Waals surface area contributed by atoms with Gasteiger partial charge in [0.25, 0.3) is 23.6 Å². The summed E-state index contributed by atoms with van der Waals surface area (Å²) in [6.07, 6.45) is 0.681. The number of ether oxygens (including phenoxy) is 1. The van der Waals surface area contributed by atoms with E-state index in [9.17, 15) is 24.0 Å². The summed E-state index contributed by atoms with van der Waals surface area (Å²) in [4.78, 5) is 64.4. The van der Waals surface area contributed by atoms with Gasteiger partial charge in [0.2, 0.25) is 0 Å². The van der Waals surface area contributed by atoms with E-state index in [2.05, 4.69) is 0 Å². The van der Waals surface area contributed by atoms with Crippen LogP contribution in [0.5, 0.6) is 0 Å². The number of amides is 4. The van der Waals surface area contributed by atoms with Crippen molar-refractivity contribution >= 4 is 29.6 Å². The van der Waals surface area contributed by atoms with Crippen LogP contribution in [0, 0.1) is 5.92 Å². The van der Waals surface area contributed by atoms with Gasteiger partial charge >= 0.3 is 5.97 Å². The van der Waals surface area contributed by atoms with Crippen LogP contribution in [-0.2, 0) is 4.74 Å². The van der Waals surface area contributed by atoms with Gasteiger partial charge in [-0.3, -0.25) is 24.1 Å². The molecule has 0 atom stereocenters. The van der Waals surface area contributed by atoms with E-state index in [0.29, 0.717) is 18.9 Å². The van der Waals surface area contributed by atoms with E-state index in [-0.39, 0.29) is 33.7 Å². The maximum atomic E-state index is 12.6. The third kappa shape index (κ3) is 3.50. The molecule has 2 aromatic rings. The lowest BCUT2D eigenvalue weighted by Gasteiger charge is -2.14. The number of rotatable bonds is 6. The molecule has 0 fully saturated rings. The van der Waals surface area contributed by atoms with Crippen LogP contribution in [-0.4, -0.2) is 52.7 Å². The molecule has 0 spiro atoms. The zero-order valence-electron chi connectivity index (χ0n) is 17.1. The number of carbonyl (C=O) groups excluding carboxylic acids is 5. The number of carbonyl (C=O) groups is 5. The normalized spacial score (nSPS) is 15.1. The van der Waals surface area contributed by atoms with Gasteiger partial charge < -0.3 is 4.74 Å². The lowest BCUT2D eigenvalue weighted by atomic mass is 10.1. The van der Waals surface area contributed by atoms with E-state index in [1.54, 1.807) is 12.1 Å². The monoisotopic (exact) mass is 420 g/mol. The van der Waals surface area contributed by atoms with Crippen LogP contribution in [0.25, 0.3) is 0 Å². The van der Waals surface area contributed by atoms with Crippen molar-refractivity contribution in [1.29, 1.82) is 0 Å². The molecule has 2 heterocycles. The highest BCUT2D eigenvalue weighted by Crippen LogP contribution is 2.26. The standard InChI is InChI=1S/C23H20N2O6/c1-13(2)9-10-24-19(26)17-8-7-14(11-18(17)22(24)29)23(30)31-12-25-20(27)15-5-3-4-6-16(15)21(25)28/h3-8,11,13H,9-10,12H2,1-2H3. The number of hydrogen-bond acceptors (Lipinski definition) is 6. The van der Waals surface area contributed by atoms with Gasteiger partial charge in [0.15, 0.2) is 6.73 Å². The lowest BCUT2D eigenvalue weighted by molar-refractivity contribution is 0.0227. The molecule has 0 unspecified atom stereocenters. The minimum absolute atomic E-state index is 0.0576. The van der Waals surface area contributed by atoms with Gasteiger partial charge in [-0.25, -0.2) is 9.69 Å². The Morgan fingerprint density at radius 2 is 1.35 bits per heavy atom. The summed E-state index contributed by atoms with van der Waals surface area (Å²) < 4.78 is 5.15. The SMILES string of the molecule is CC(C)CCN1C(=O)c2ccc(C(=O)OCN3C(=O)c4ccccc4C3=O)cc2C1=O. The maximum Gasteiger partial charge on any atom is 0.339 e. The van der Waals surface area contributed by atoms with Crippen molar-refractivity contribution in [1.82, 2.24) is 9.80 Å². The Hall–Kier alpha value is -3.81. The first-order chi connectivity index (χ1) is 14.8. The molecule has 2 aliphatic rings. The first-order valence-corrected chi connectivity index (χ1v) is 9.92. The second-order valence-electron chi connectivity index (χ2n) is 7.85. The summed E-state index contributed by atoms with van der Waals surface area (Å²) in [7, 11) is 0. The fourth-order valence-electron chi connectivity index (χ4n) is 3.57. The van der Waals surface area contributed by atoms with Crippen molar-refractivity contribution in [3.8, 4) is 0 Å². The summed E-state index contributed by atoms with van der Waals surface area (Å²) in [6.45, 7) is 3.76. The first-order valence-electron chi connectivity index (χ1n) is 9.92. The average Bonchev–Trinajstić information content (AvgIpc) is 3.15. The van der Waals surface area contributed by atoms with Crippen molar-refractivity contribution in [3.05, 3.63) is 70.3 Å². The zero-order chi connectivity index (χ0) is 22.3. The molecule has 0 bridgehead atoms. The largest absolute Gasteiger partial charge is 0.440 e. The Bertz CT molecular complexity index is 1100. The van der Waals surface area contributed by atoms with Gasteiger partial charge in [0.05, 0.1) is 27.8 Å². The van der Waals surface area contributed by atoms with Gasteiger partial charge in [0, 0.05) is 6.54 Å². The number of nitrogens with zero attached hydrogens (tertiary/aromatic N) is 2. The number of esters is 1. The quantitative estimate of drug-likeness (QED) is 0.526. The molecule has 2 aliphatic heterocycles. The van der Waals surface area contributed by atoms with E-state index in [1.165, 1.54) is 35.2 Å². The topological polar surface area (TPSA) is 101 Å². The zero-order valence-corrected chi connectivity index (χ0v) is 17.1. The summed E-state index contributed by atoms with van der Waals surface area (Å²) >= 11 is 0. The van der Waals surface area contributed by atoms with Crippen LogP contribution in [0.3, 0.4) is 0 Å². The predicted molar refractivity (Wildman–Crippen MR) is 108 cm³/mol.